The first-order chi connectivity index (χ1) is 11.7. The number of rotatable bonds is 6. The van der Waals surface area contributed by atoms with Crippen LogP contribution in [0.1, 0.15) is 22.8 Å². The molecule has 0 radical (unpaired) electrons. The molecule has 0 saturated carbocycles. The van der Waals surface area contributed by atoms with E-state index in [2.05, 4.69) is 4.72 Å². The SMILES string of the molecule is Cc1ccc(NS(=O)(=O)c2ccc(C(=O)N(C)C(C)CN)cc2)cc1. The fourth-order valence-electron chi connectivity index (χ4n) is 2.17. The van der Waals surface area contributed by atoms with Crippen LogP contribution in [0, 0.1) is 6.92 Å². The normalized spacial score (nSPS) is 12.5. The van der Waals surface area contributed by atoms with Crippen molar-refractivity contribution in [2.75, 3.05) is 18.3 Å². The lowest BCUT2D eigenvalue weighted by Gasteiger charge is -2.23. The summed E-state index contributed by atoms with van der Waals surface area (Å²) in [6.07, 6.45) is 0. The van der Waals surface area contributed by atoms with E-state index in [4.69, 9.17) is 5.73 Å². The summed E-state index contributed by atoms with van der Waals surface area (Å²) < 4.78 is 27.4. The van der Waals surface area contributed by atoms with Crippen molar-refractivity contribution in [3.05, 3.63) is 59.7 Å². The van der Waals surface area contributed by atoms with Gasteiger partial charge in [-0.3, -0.25) is 9.52 Å². The molecule has 2 aromatic carbocycles. The predicted octanol–water partition coefficient (Wildman–Crippen LogP) is 2.22. The number of anilines is 1. The summed E-state index contributed by atoms with van der Waals surface area (Å²) in [5, 5.41) is 0. The summed E-state index contributed by atoms with van der Waals surface area (Å²) in [5.41, 5.74) is 7.52. The maximum atomic E-state index is 12.4. The van der Waals surface area contributed by atoms with E-state index in [1.165, 1.54) is 29.2 Å². The van der Waals surface area contributed by atoms with Crippen molar-refractivity contribution in [3.63, 3.8) is 0 Å². The van der Waals surface area contributed by atoms with Crippen LogP contribution in [0.5, 0.6) is 0 Å². The number of carbonyl (C=O) groups excluding carboxylic acids is 1. The summed E-state index contributed by atoms with van der Waals surface area (Å²) in [6, 6.07) is 12.8. The number of hydrogen-bond acceptors (Lipinski definition) is 4. The molecule has 7 heteroatoms. The Balaban J connectivity index is 2.18. The maximum absolute atomic E-state index is 12.4. The number of nitrogens with zero attached hydrogens (tertiary/aromatic N) is 1. The van der Waals surface area contributed by atoms with Crippen molar-refractivity contribution < 1.29 is 13.2 Å². The lowest BCUT2D eigenvalue weighted by Crippen LogP contribution is -2.39. The van der Waals surface area contributed by atoms with E-state index in [1.807, 2.05) is 26.0 Å². The van der Waals surface area contributed by atoms with Gasteiger partial charge in [0, 0.05) is 30.9 Å². The second kappa shape index (κ2) is 7.67. The van der Waals surface area contributed by atoms with E-state index in [9.17, 15) is 13.2 Å². The molecule has 1 atom stereocenters. The topological polar surface area (TPSA) is 92.5 Å². The summed E-state index contributed by atoms with van der Waals surface area (Å²) in [6.45, 7) is 4.13. The number of hydrogen-bond donors (Lipinski definition) is 2. The number of likely N-dealkylation sites (N-methyl/N-ethyl adjacent to an activating group) is 1. The van der Waals surface area contributed by atoms with Gasteiger partial charge in [-0.15, -0.1) is 0 Å². The molecular weight excluding hydrogens is 338 g/mol. The summed E-state index contributed by atoms with van der Waals surface area (Å²) in [4.78, 5) is 14.0. The third-order valence-corrected chi connectivity index (χ3v) is 5.44. The standard InChI is InChI=1S/C18H23N3O3S/c1-13-4-8-16(9-5-13)20-25(23,24)17-10-6-15(7-11-17)18(22)21(3)14(2)12-19/h4-11,14,20H,12,19H2,1-3H3. The Hall–Kier alpha value is -2.38. The Morgan fingerprint density at radius 2 is 1.68 bits per heavy atom. The van der Waals surface area contributed by atoms with Crippen molar-refractivity contribution in [1.29, 1.82) is 0 Å². The quantitative estimate of drug-likeness (QED) is 0.825. The zero-order chi connectivity index (χ0) is 18.6. The fourth-order valence-corrected chi connectivity index (χ4v) is 3.23. The van der Waals surface area contributed by atoms with Gasteiger partial charge in [0.1, 0.15) is 0 Å². The number of aryl methyl sites for hydroxylation is 1. The Labute approximate surface area is 148 Å². The summed E-state index contributed by atoms with van der Waals surface area (Å²) >= 11 is 0. The molecule has 1 unspecified atom stereocenters. The Morgan fingerprint density at radius 1 is 1.12 bits per heavy atom. The Bertz CT molecular complexity index is 831. The number of nitrogens with two attached hydrogens (primary N) is 1. The number of benzene rings is 2. The first kappa shape index (κ1) is 19.0. The van der Waals surface area contributed by atoms with Gasteiger partial charge < -0.3 is 10.6 Å². The smallest absolute Gasteiger partial charge is 0.261 e. The average Bonchev–Trinajstić information content (AvgIpc) is 2.61. The molecule has 0 aliphatic rings. The molecule has 0 aliphatic heterocycles. The van der Waals surface area contributed by atoms with Crippen LogP contribution < -0.4 is 10.5 Å². The molecule has 0 aromatic heterocycles. The first-order valence-corrected chi connectivity index (χ1v) is 9.39. The van der Waals surface area contributed by atoms with E-state index in [-0.39, 0.29) is 16.8 Å². The van der Waals surface area contributed by atoms with Gasteiger partial charge in [-0.1, -0.05) is 17.7 Å². The molecule has 0 fully saturated rings. The summed E-state index contributed by atoms with van der Waals surface area (Å²) in [5.74, 6) is -0.201. The van der Waals surface area contributed by atoms with Gasteiger partial charge in [-0.05, 0) is 50.2 Å². The molecular formula is C18H23N3O3S. The van der Waals surface area contributed by atoms with Crippen LogP contribution in [0.4, 0.5) is 5.69 Å². The first-order valence-electron chi connectivity index (χ1n) is 7.91. The average molecular weight is 361 g/mol. The molecule has 3 N–H and O–H groups in total. The minimum absolute atomic E-state index is 0.0964. The molecule has 6 nitrogen and oxygen atoms in total. The zero-order valence-corrected chi connectivity index (χ0v) is 15.4. The Kier molecular flexibility index (Phi) is 5.81. The van der Waals surface area contributed by atoms with E-state index < -0.39 is 10.0 Å². The third-order valence-electron chi connectivity index (χ3n) is 4.04. The largest absolute Gasteiger partial charge is 0.338 e. The summed E-state index contributed by atoms with van der Waals surface area (Å²) in [7, 11) is -2.03. The predicted molar refractivity (Wildman–Crippen MR) is 99.0 cm³/mol. The van der Waals surface area contributed by atoms with Crippen molar-refractivity contribution in [2.45, 2.75) is 24.8 Å². The molecule has 0 aliphatic carbocycles. The van der Waals surface area contributed by atoms with Gasteiger partial charge in [0.15, 0.2) is 0 Å². The van der Waals surface area contributed by atoms with Crippen LogP contribution in [0.25, 0.3) is 0 Å². The van der Waals surface area contributed by atoms with Crippen LogP contribution in [-0.2, 0) is 10.0 Å². The third kappa shape index (κ3) is 4.58. The van der Waals surface area contributed by atoms with E-state index in [1.54, 1.807) is 19.2 Å². The minimum Gasteiger partial charge on any atom is -0.338 e. The van der Waals surface area contributed by atoms with Crippen LogP contribution >= 0.6 is 0 Å². The Morgan fingerprint density at radius 3 is 2.20 bits per heavy atom. The minimum atomic E-state index is -3.70. The molecule has 0 bridgehead atoms. The van der Waals surface area contributed by atoms with Crippen LogP contribution in [0.15, 0.2) is 53.4 Å². The van der Waals surface area contributed by atoms with Crippen LogP contribution in [0.2, 0.25) is 0 Å². The van der Waals surface area contributed by atoms with E-state index >= 15 is 0 Å². The van der Waals surface area contributed by atoms with Gasteiger partial charge in [0.05, 0.1) is 4.90 Å². The van der Waals surface area contributed by atoms with Gasteiger partial charge in [-0.2, -0.15) is 0 Å². The molecule has 2 rings (SSSR count). The van der Waals surface area contributed by atoms with Crippen molar-refractivity contribution in [1.82, 2.24) is 4.90 Å². The molecule has 0 spiro atoms. The highest BCUT2D eigenvalue weighted by atomic mass is 32.2. The van der Waals surface area contributed by atoms with Crippen molar-refractivity contribution >= 4 is 21.6 Å². The fraction of sp³-hybridized carbons (Fsp3) is 0.278. The number of sulfonamides is 1. The van der Waals surface area contributed by atoms with Crippen molar-refractivity contribution in [2.24, 2.45) is 5.73 Å². The van der Waals surface area contributed by atoms with Gasteiger partial charge in [-0.25, -0.2) is 8.42 Å². The molecule has 1 amide bonds. The number of carbonyl (C=O) groups is 1. The lowest BCUT2D eigenvalue weighted by molar-refractivity contribution is 0.0748. The highest BCUT2D eigenvalue weighted by Crippen LogP contribution is 2.18. The van der Waals surface area contributed by atoms with Crippen molar-refractivity contribution in [3.8, 4) is 0 Å². The second-order valence-corrected chi connectivity index (χ2v) is 7.68. The van der Waals surface area contributed by atoms with E-state index in [0.29, 0.717) is 17.8 Å². The second-order valence-electron chi connectivity index (χ2n) is 6.00. The number of nitrogens with one attached hydrogen (secondary N) is 1. The maximum Gasteiger partial charge on any atom is 0.261 e. The van der Waals surface area contributed by atoms with Gasteiger partial charge in [0.25, 0.3) is 15.9 Å². The van der Waals surface area contributed by atoms with E-state index in [0.717, 1.165) is 5.56 Å². The van der Waals surface area contributed by atoms with Gasteiger partial charge in [0.2, 0.25) is 0 Å². The highest BCUT2D eigenvalue weighted by molar-refractivity contribution is 7.92. The van der Waals surface area contributed by atoms with Crippen LogP contribution in [0.3, 0.4) is 0 Å². The zero-order valence-electron chi connectivity index (χ0n) is 14.6. The molecule has 25 heavy (non-hydrogen) atoms. The molecule has 0 saturated heterocycles. The molecule has 2 aromatic rings. The number of amides is 1. The van der Waals surface area contributed by atoms with Crippen LogP contribution in [-0.4, -0.2) is 38.9 Å². The lowest BCUT2D eigenvalue weighted by atomic mass is 10.2. The molecule has 134 valence electrons. The molecule has 0 heterocycles. The highest BCUT2D eigenvalue weighted by Gasteiger charge is 2.18. The monoisotopic (exact) mass is 361 g/mol. The van der Waals surface area contributed by atoms with Gasteiger partial charge >= 0.3 is 0 Å².